The summed E-state index contributed by atoms with van der Waals surface area (Å²) < 4.78 is 38.0. The van der Waals surface area contributed by atoms with Gasteiger partial charge in [0.1, 0.15) is 5.78 Å². The highest BCUT2D eigenvalue weighted by Crippen LogP contribution is 2.44. The molecule has 0 fully saturated rings. The molecule has 0 aromatic heterocycles. The van der Waals surface area contributed by atoms with Gasteiger partial charge in [0.25, 0.3) is 0 Å². The van der Waals surface area contributed by atoms with E-state index in [9.17, 15) is 22.8 Å². The minimum absolute atomic E-state index is 0.0950. The van der Waals surface area contributed by atoms with Crippen molar-refractivity contribution in [2.45, 2.75) is 39.8 Å². The summed E-state index contributed by atoms with van der Waals surface area (Å²) >= 11 is 0. The van der Waals surface area contributed by atoms with Gasteiger partial charge < -0.3 is 5.73 Å². The maximum absolute atomic E-state index is 12.7. The first kappa shape index (κ1) is 14.9. The lowest BCUT2D eigenvalue weighted by Gasteiger charge is -2.33. The van der Waals surface area contributed by atoms with Gasteiger partial charge in [-0.1, -0.05) is 20.8 Å². The van der Waals surface area contributed by atoms with E-state index in [4.69, 9.17) is 5.73 Å². The van der Waals surface area contributed by atoms with Gasteiger partial charge in [-0.25, -0.2) is 0 Å². The van der Waals surface area contributed by atoms with Crippen LogP contribution in [-0.2, 0) is 9.59 Å². The van der Waals surface area contributed by atoms with Gasteiger partial charge in [0.2, 0.25) is 5.91 Å². The van der Waals surface area contributed by atoms with Gasteiger partial charge in [-0.2, -0.15) is 13.2 Å². The van der Waals surface area contributed by atoms with Gasteiger partial charge in [-0.05, 0) is 0 Å². The van der Waals surface area contributed by atoms with Crippen molar-refractivity contribution in [2.75, 3.05) is 0 Å². The molecule has 6 heteroatoms. The van der Waals surface area contributed by atoms with Crippen molar-refractivity contribution in [1.82, 2.24) is 0 Å². The molecule has 3 nitrogen and oxygen atoms in total. The number of nitrogens with two attached hydrogens (primary N) is 1. The number of hydrogen-bond donors (Lipinski definition) is 1. The molecule has 0 aliphatic rings. The number of rotatable bonds is 5. The molecule has 0 spiro atoms. The highest BCUT2D eigenvalue weighted by Gasteiger charge is 2.54. The zero-order valence-electron chi connectivity index (χ0n) is 9.52. The molecule has 0 aliphatic heterocycles. The molecule has 0 unspecified atom stereocenters. The summed E-state index contributed by atoms with van der Waals surface area (Å²) in [6, 6.07) is 0. The van der Waals surface area contributed by atoms with Crippen LogP contribution in [0.25, 0.3) is 0 Å². The van der Waals surface area contributed by atoms with Gasteiger partial charge in [-0.3, -0.25) is 9.59 Å². The molecule has 0 aromatic carbocycles. The average Bonchev–Trinajstić information content (AvgIpc) is 2.10. The maximum Gasteiger partial charge on any atom is 0.394 e. The van der Waals surface area contributed by atoms with Crippen LogP contribution in [0.15, 0.2) is 0 Å². The predicted octanol–water partition coefficient (Wildman–Crippen LogP) is 2.05. The fourth-order valence-corrected chi connectivity index (χ4v) is 1.28. The summed E-state index contributed by atoms with van der Waals surface area (Å²) in [5.74, 6) is -3.01. The summed E-state index contributed by atoms with van der Waals surface area (Å²) in [6.07, 6.45) is -4.93. The molecule has 0 radical (unpaired) electrons. The lowest BCUT2D eigenvalue weighted by Crippen LogP contribution is -2.46. The number of primary amides is 1. The minimum atomic E-state index is -4.57. The van der Waals surface area contributed by atoms with E-state index < -0.39 is 35.6 Å². The first-order chi connectivity index (χ1) is 7.04. The number of amides is 1. The molecule has 0 bridgehead atoms. The van der Waals surface area contributed by atoms with Crippen LogP contribution in [0.4, 0.5) is 13.2 Å². The highest BCUT2D eigenvalue weighted by atomic mass is 19.4. The summed E-state index contributed by atoms with van der Waals surface area (Å²) in [4.78, 5) is 22.1. The van der Waals surface area contributed by atoms with E-state index in [0.717, 1.165) is 13.8 Å². The number of hydrogen-bond acceptors (Lipinski definition) is 2. The van der Waals surface area contributed by atoms with Crippen LogP contribution in [0.1, 0.15) is 33.6 Å². The topological polar surface area (TPSA) is 60.2 Å². The molecule has 2 N–H and O–H groups in total. The number of carbonyl (C=O) groups is 2. The van der Waals surface area contributed by atoms with Crippen molar-refractivity contribution in [1.29, 1.82) is 0 Å². The van der Waals surface area contributed by atoms with Gasteiger partial charge in [0.15, 0.2) is 0 Å². The normalized spacial score (nSPS) is 14.6. The zero-order chi connectivity index (χ0) is 13.1. The molecule has 16 heavy (non-hydrogen) atoms. The third kappa shape index (κ3) is 3.21. The smallest absolute Gasteiger partial charge is 0.369 e. The predicted molar refractivity (Wildman–Crippen MR) is 52.4 cm³/mol. The maximum atomic E-state index is 12.7. The minimum Gasteiger partial charge on any atom is -0.369 e. The van der Waals surface area contributed by atoms with Crippen LogP contribution < -0.4 is 5.73 Å². The molecular formula is C10H16F3NO2. The van der Waals surface area contributed by atoms with Crippen molar-refractivity contribution in [3.63, 3.8) is 0 Å². The molecule has 1 atom stereocenters. The van der Waals surface area contributed by atoms with E-state index in [1.54, 1.807) is 0 Å². The van der Waals surface area contributed by atoms with Gasteiger partial charge in [-0.15, -0.1) is 0 Å². The molecule has 0 saturated heterocycles. The van der Waals surface area contributed by atoms with Crippen molar-refractivity contribution < 1.29 is 22.8 Å². The second-order valence-electron chi connectivity index (χ2n) is 4.27. The Morgan fingerprint density at radius 3 is 1.94 bits per heavy atom. The molecule has 0 aliphatic carbocycles. The first-order valence-electron chi connectivity index (χ1n) is 4.91. The van der Waals surface area contributed by atoms with Gasteiger partial charge in [0.05, 0.1) is 11.3 Å². The van der Waals surface area contributed by atoms with E-state index in [0.29, 0.717) is 0 Å². The number of Topliss-reactive ketones (excluding diaryl/α,β-unsaturated/α-hetero) is 1. The number of halogens is 3. The van der Waals surface area contributed by atoms with E-state index in [-0.39, 0.29) is 6.42 Å². The lowest BCUT2D eigenvalue weighted by molar-refractivity contribution is -0.228. The van der Waals surface area contributed by atoms with E-state index in [1.165, 1.54) is 6.92 Å². The SMILES string of the molecule is CCC(=O)C[C@H](C(N)=O)C(C)(C)C(F)(F)F. The second kappa shape index (κ2) is 4.84. The van der Waals surface area contributed by atoms with Crippen molar-refractivity contribution in [2.24, 2.45) is 17.1 Å². The Hall–Kier alpha value is -1.07. The molecule has 0 heterocycles. The number of carbonyl (C=O) groups excluding carboxylic acids is 2. The van der Waals surface area contributed by atoms with Crippen molar-refractivity contribution >= 4 is 11.7 Å². The van der Waals surface area contributed by atoms with E-state index in [1.807, 2.05) is 0 Å². The Labute approximate surface area is 92.2 Å². The Morgan fingerprint density at radius 1 is 1.25 bits per heavy atom. The van der Waals surface area contributed by atoms with E-state index >= 15 is 0 Å². The quantitative estimate of drug-likeness (QED) is 0.798. The molecule has 0 aromatic rings. The van der Waals surface area contributed by atoms with Crippen molar-refractivity contribution in [3.05, 3.63) is 0 Å². The fourth-order valence-electron chi connectivity index (χ4n) is 1.28. The van der Waals surface area contributed by atoms with Crippen LogP contribution in [0.3, 0.4) is 0 Å². The molecule has 0 saturated carbocycles. The van der Waals surface area contributed by atoms with E-state index in [2.05, 4.69) is 0 Å². The first-order valence-corrected chi connectivity index (χ1v) is 4.91. The Kier molecular flexibility index (Phi) is 4.52. The van der Waals surface area contributed by atoms with Crippen molar-refractivity contribution in [3.8, 4) is 0 Å². The summed E-state index contributed by atoms with van der Waals surface area (Å²) in [5, 5.41) is 0. The third-order valence-corrected chi connectivity index (χ3v) is 2.77. The molecule has 1 amide bonds. The Balaban J connectivity index is 5.07. The standard InChI is InChI=1S/C10H16F3NO2/c1-4-6(15)5-7(8(14)16)9(2,3)10(11,12)13/h7H,4-5H2,1-3H3,(H2,14,16)/t7-/m1/s1. The zero-order valence-corrected chi connectivity index (χ0v) is 9.52. The van der Waals surface area contributed by atoms with Crippen LogP contribution in [0.2, 0.25) is 0 Å². The van der Waals surface area contributed by atoms with Crippen LogP contribution in [0, 0.1) is 11.3 Å². The van der Waals surface area contributed by atoms with Crippen LogP contribution in [-0.4, -0.2) is 17.9 Å². The molecule has 94 valence electrons. The Morgan fingerprint density at radius 2 is 1.69 bits per heavy atom. The highest BCUT2D eigenvalue weighted by molar-refractivity contribution is 5.86. The molecular weight excluding hydrogens is 223 g/mol. The molecule has 0 rings (SSSR count). The monoisotopic (exact) mass is 239 g/mol. The van der Waals surface area contributed by atoms with Crippen LogP contribution in [0.5, 0.6) is 0 Å². The van der Waals surface area contributed by atoms with Gasteiger partial charge >= 0.3 is 6.18 Å². The summed E-state index contributed by atoms with van der Waals surface area (Å²) in [6.45, 7) is 3.29. The summed E-state index contributed by atoms with van der Waals surface area (Å²) in [7, 11) is 0. The number of alkyl halides is 3. The average molecular weight is 239 g/mol. The lowest BCUT2D eigenvalue weighted by atomic mass is 9.75. The largest absolute Gasteiger partial charge is 0.394 e. The Bertz CT molecular complexity index is 284. The summed E-state index contributed by atoms with van der Waals surface area (Å²) in [5.41, 5.74) is 2.64. The fraction of sp³-hybridized carbons (Fsp3) is 0.800. The number of ketones is 1. The van der Waals surface area contributed by atoms with Gasteiger partial charge in [0, 0.05) is 12.8 Å². The third-order valence-electron chi connectivity index (χ3n) is 2.77. The van der Waals surface area contributed by atoms with Crippen LogP contribution >= 0.6 is 0 Å². The second-order valence-corrected chi connectivity index (χ2v) is 4.27.